The molecule has 2 bridgehead atoms. The SMILES string of the molecule is CC(NC(=O)CC1(CN)CCC1)C1CC2CCC1C2. The van der Waals surface area contributed by atoms with Crippen molar-refractivity contribution in [2.45, 2.75) is 64.3 Å². The fourth-order valence-electron chi connectivity index (χ4n) is 4.79. The number of carbonyl (C=O) groups excluding carboxylic acids is 1. The Balaban J connectivity index is 1.49. The minimum Gasteiger partial charge on any atom is -0.353 e. The first-order chi connectivity index (χ1) is 9.12. The second-order valence-corrected chi connectivity index (χ2v) is 7.43. The molecule has 0 aromatic heterocycles. The quantitative estimate of drug-likeness (QED) is 0.801. The zero-order chi connectivity index (χ0) is 13.5. The van der Waals surface area contributed by atoms with Gasteiger partial charge in [-0.3, -0.25) is 4.79 Å². The van der Waals surface area contributed by atoms with Crippen LogP contribution >= 0.6 is 0 Å². The maximum atomic E-state index is 12.2. The number of hydrogen-bond donors (Lipinski definition) is 2. The molecule has 3 nitrogen and oxygen atoms in total. The summed E-state index contributed by atoms with van der Waals surface area (Å²) >= 11 is 0. The molecule has 0 aromatic carbocycles. The van der Waals surface area contributed by atoms with E-state index in [1.54, 1.807) is 0 Å². The predicted octanol–water partition coefficient (Wildman–Crippen LogP) is 2.45. The van der Waals surface area contributed by atoms with E-state index < -0.39 is 0 Å². The summed E-state index contributed by atoms with van der Waals surface area (Å²) in [6.45, 7) is 2.88. The van der Waals surface area contributed by atoms with Gasteiger partial charge in [0.05, 0.1) is 0 Å². The molecule has 3 aliphatic rings. The third-order valence-corrected chi connectivity index (χ3v) is 6.21. The van der Waals surface area contributed by atoms with Gasteiger partial charge >= 0.3 is 0 Å². The van der Waals surface area contributed by atoms with E-state index in [1.807, 2.05) is 0 Å². The number of nitrogens with one attached hydrogen (secondary N) is 1. The van der Waals surface area contributed by atoms with Gasteiger partial charge in [0.1, 0.15) is 0 Å². The number of hydrogen-bond acceptors (Lipinski definition) is 2. The first kappa shape index (κ1) is 13.4. The molecule has 3 rings (SSSR count). The molecule has 19 heavy (non-hydrogen) atoms. The molecule has 4 atom stereocenters. The van der Waals surface area contributed by atoms with Crippen molar-refractivity contribution in [3.05, 3.63) is 0 Å². The molecule has 3 heteroatoms. The zero-order valence-electron chi connectivity index (χ0n) is 12.2. The van der Waals surface area contributed by atoms with Gasteiger partial charge in [-0.2, -0.15) is 0 Å². The zero-order valence-corrected chi connectivity index (χ0v) is 12.2. The highest BCUT2D eigenvalue weighted by Crippen LogP contribution is 2.49. The smallest absolute Gasteiger partial charge is 0.220 e. The highest BCUT2D eigenvalue weighted by atomic mass is 16.1. The summed E-state index contributed by atoms with van der Waals surface area (Å²) in [5.41, 5.74) is 5.98. The average molecular weight is 264 g/mol. The maximum Gasteiger partial charge on any atom is 0.220 e. The standard InChI is InChI=1S/C16H28N2O/c1-11(14-8-12-3-4-13(14)7-12)18-15(19)9-16(10-17)5-2-6-16/h11-14H,2-10,17H2,1H3,(H,18,19). The van der Waals surface area contributed by atoms with Gasteiger partial charge in [-0.25, -0.2) is 0 Å². The second-order valence-electron chi connectivity index (χ2n) is 7.43. The molecular formula is C16H28N2O. The van der Waals surface area contributed by atoms with Crippen LogP contribution < -0.4 is 11.1 Å². The normalized spacial score (nSPS) is 36.8. The van der Waals surface area contributed by atoms with Crippen LogP contribution in [0.15, 0.2) is 0 Å². The van der Waals surface area contributed by atoms with Crippen LogP contribution in [0.25, 0.3) is 0 Å². The fourth-order valence-corrected chi connectivity index (χ4v) is 4.79. The monoisotopic (exact) mass is 264 g/mol. The van der Waals surface area contributed by atoms with Crippen molar-refractivity contribution >= 4 is 5.91 Å². The van der Waals surface area contributed by atoms with Gasteiger partial charge in [0, 0.05) is 12.5 Å². The van der Waals surface area contributed by atoms with Gasteiger partial charge in [0.25, 0.3) is 0 Å². The van der Waals surface area contributed by atoms with Gasteiger partial charge in [0.2, 0.25) is 5.91 Å². The summed E-state index contributed by atoms with van der Waals surface area (Å²) in [6, 6.07) is 0.359. The lowest BCUT2D eigenvalue weighted by Crippen LogP contribution is -2.45. The van der Waals surface area contributed by atoms with Gasteiger partial charge in [0.15, 0.2) is 0 Å². The van der Waals surface area contributed by atoms with Crippen LogP contribution in [0.2, 0.25) is 0 Å². The van der Waals surface area contributed by atoms with Crippen LogP contribution in [0.4, 0.5) is 0 Å². The Morgan fingerprint density at radius 2 is 2.16 bits per heavy atom. The molecule has 108 valence electrons. The van der Waals surface area contributed by atoms with Crippen LogP contribution in [0, 0.1) is 23.2 Å². The Bertz CT molecular complexity index is 345. The van der Waals surface area contributed by atoms with Crippen LogP contribution in [0.3, 0.4) is 0 Å². The van der Waals surface area contributed by atoms with E-state index in [0.717, 1.165) is 30.6 Å². The summed E-state index contributed by atoms with van der Waals surface area (Å²) in [4.78, 5) is 12.2. The van der Waals surface area contributed by atoms with Gasteiger partial charge in [-0.15, -0.1) is 0 Å². The minimum absolute atomic E-state index is 0.137. The Morgan fingerprint density at radius 3 is 2.63 bits per heavy atom. The number of rotatable bonds is 5. The Kier molecular flexibility index (Phi) is 3.59. The van der Waals surface area contributed by atoms with Gasteiger partial charge in [-0.05, 0) is 68.7 Å². The lowest BCUT2D eigenvalue weighted by atomic mass is 9.66. The lowest BCUT2D eigenvalue weighted by Gasteiger charge is -2.41. The molecule has 1 amide bonds. The summed E-state index contributed by atoms with van der Waals surface area (Å²) in [5.74, 6) is 2.81. The number of carbonyl (C=O) groups is 1. The molecule has 0 spiro atoms. The first-order valence-corrected chi connectivity index (χ1v) is 8.11. The molecule has 0 aromatic rings. The average Bonchev–Trinajstić information content (AvgIpc) is 2.95. The third-order valence-electron chi connectivity index (χ3n) is 6.21. The largest absolute Gasteiger partial charge is 0.353 e. The third kappa shape index (κ3) is 2.54. The van der Waals surface area contributed by atoms with Crippen molar-refractivity contribution in [3.63, 3.8) is 0 Å². The Morgan fingerprint density at radius 1 is 1.37 bits per heavy atom. The van der Waals surface area contributed by atoms with Crippen LogP contribution in [-0.2, 0) is 4.79 Å². The second kappa shape index (κ2) is 5.08. The molecule has 0 radical (unpaired) electrons. The Hall–Kier alpha value is -0.570. The van der Waals surface area contributed by atoms with Crippen molar-refractivity contribution in [1.82, 2.24) is 5.32 Å². The summed E-state index contributed by atoms with van der Waals surface area (Å²) in [7, 11) is 0. The predicted molar refractivity (Wildman–Crippen MR) is 76.5 cm³/mol. The van der Waals surface area contributed by atoms with E-state index in [4.69, 9.17) is 5.73 Å². The summed E-state index contributed by atoms with van der Waals surface area (Å²) < 4.78 is 0. The van der Waals surface area contributed by atoms with E-state index in [0.29, 0.717) is 19.0 Å². The Labute approximate surface area is 116 Å². The summed E-state index contributed by atoms with van der Waals surface area (Å²) in [5, 5.41) is 3.27. The molecular weight excluding hydrogens is 236 g/mol. The van der Waals surface area contributed by atoms with E-state index in [-0.39, 0.29) is 11.3 Å². The van der Waals surface area contributed by atoms with Crippen LogP contribution in [0.1, 0.15) is 58.3 Å². The molecule has 3 saturated carbocycles. The van der Waals surface area contributed by atoms with Gasteiger partial charge < -0.3 is 11.1 Å². The highest BCUT2D eigenvalue weighted by molar-refractivity contribution is 5.77. The molecule has 4 unspecified atom stereocenters. The van der Waals surface area contributed by atoms with E-state index in [9.17, 15) is 4.79 Å². The highest BCUT2D eigenvalue weighted by Gasteiger charge is 2.43. The fraction of sp³-hybridized carbons (Fsp3) is 0.938. The lowest BCUT2D eigenvalue weighted by molar-refractivity contribution is -0.125. The van der Waals surface area contributed by atoms with Crippen molar-refractivity contribution in [2.24, 2.45) is 28.9 Å². The molecule has 3 N–H and O–H groups in total. The topological polar surface area (TPSA) is 55.1 Å². The molecule has 0 saturated heterocycles. The van der Waals surface area contributed by atoms with Gasteiger partial charge in [-0.1, -0.05) is 12.8 Å². The van der Waals surface area contributed by atoms with E-state index in [2.05, 4.69) is 12.2 Å². The minimum atomic E-state index is 0.137. The van der Waals surface area contributed by atoms with Crippen molar-refractivity contribution in [3.8, 4) is 0 Å². The molecule has 3 fully saturated rings. The number of amides is 1. The van der Waals surface area contributed by atoms with Crippen LogP contribution in [-0.4, -0.2) is 18.5 Å². The molecule has 3 aliphatic carbocycles. The maximum absolute atomic E-state index is 12.2. The van der Waals surface area contributed by atoms with E-state index >= 15 is 0 Å². The first-order valence-electron chi connectivity index (χ1n) is 8.11. The molecule has 0 aliphatic heterocycles. The van der Waals surface area contributed by atoms with Crippen molar-refractivity contribution in [2.75, 3.05) is 6.54 Å². The van der Waals surface area contributed by atoms with Crippen molar-refractivity contribution < 1.29 is 4.79 Å². The summed E-state index contributed by atoms with van der Waals surface area (Å²) in [6.07, 6.45) is 9.74. The molecule has 0 heterocycles. The number of fused-ring (bicyclic) bond motifs is 2. The van der Waals surface area contributed by atoms with Crippen molar-refractivity contribution in [1.29, 1.82) is 0 Å². The van der Waals surface area contributed by atoms with Crippen LogP contribution in [0.5, 0.6) is 0 Å². The van der Waals surface area contributed by atoms with E-state index in [1.165, 1.54) is 32.1 Å². The number of nitrogens with two attached hydrogens (primary N) is 1.